The molecule has 1 aliphatic heterocycles. The number of aromatic nitrogens is 3. The van der Waals surface area contributed by atoms with Crippen LogP contribution in [-0.2, 0) is 0 Å². The lowest BCUT2D eigenvalue weighted by Crippen LogP contribution is -2.36. The van der Waals surface area contributed by atoms with Crippen molar-refractivity contribution >= 4 is 44.5 Å². The number of benzene rings is 1. The summed E-state index contributed by atoms with van der Waals surface area (Å²) in [5, 5.41) is 7.44. The molecule has 0 spiro atoms. The highest BCUT2D eigenvalue weighted by atomic mass is 127. The molecule has 1 aromatic heterocycles. The van der Waals surface area contributed by atoms with Gasteiger partial charge in [0.2, 0.25) is 5.95 Å². The Morgan fingerprint density at radius 1 is 1.38 bits per heavy atom. The van der Waals surface area contributed by atoms with Crippen molar-refractivity contribution in [1.29, 1.82) is 0 Å². The van der Waals surface area contributed by atoms with Crippen molar-refractivity contribution in [3.8, 4) is 11.4 Å². The van der Waals surface area contributed by atoms with Crippen molar-refractivity contribution in [2.75, 3.05) is 24.5 Å². The number of anilines is 1. The fraction of sp³-hybridized carbons (Fsp3) is 0.429. The SMILES string of the molecule is NCC1CCN(c2n[nH]c(-c3cc(Br)ccc3I)n2)CC1. The summed E-state index contributed by atoms with van der Waals surface area (Å²) in [4.78, 5) is 6.89. The van der Waals surface area contributed by atoms with Gasteiger partial charge >= 0.3 is 0 Å². The standard InChI is InChI=1S/C14H17BrIN5/c15-10-1-2-12(16)11(7-10)13-18-14(20-19-13)21-5-3-9(8-17)4-6-21/h1-2,7,9H,3-6,8,17H2,(H,18,19,20). The van der Waals surface area contributed by atoms with Crippen molar-refractivity contribution < 1.29 is 0 Å². The van der Waals surface area contributed by atoms with Crippen LogP contribution >= 0.6 is 38.5 Å². The van der Waals surface area contributed by atoms with Gasteiger partial charge in [-0.05, 0) is 66.1 Å². The first-order valence-corrected chi connectivity index (χ1v) is 8.87. The third-order valence-electron chi connectivity index (χ3n) is 3.89. The van der Waals surface area contributed by atoms with Crippen LogP contribution in [0.5, 0.6) is 0 Å². The molecule has 1 aromatic carbocycles. The summed E-state index contributed by atoms with van der Waals surface area (Å²) in [5.74, 6) is 2.25. The molecule has 112 valence electrons. The van der Waals surface area contributed by atoms with Crippen LogP contribution < -0.4 is 10.6 Å². The largest absolute Gasteiger partial charge is 0.340 e. The van der Waals surface area contributed by atoms with Crippen LogP contribution in [0.15, 0.2) is 22.7 Å². The Morgan fingerprint density at radius 2 is 2.14 bits per heavy atom. The maximum Gasteiger partial charge on any atom is 0.245 e. The van der Waals surface area contributed by atoms with Gasteiger partial charge in [-0.15, -0.1) is 5.10 Å². The third kappa shape index (κ3) is 3.40. The van der Waals surface area contributed by atoms with Crippen LogP contribution in [-0.4, -0.2) is 34.8 Å². The average molecular weight is 462 g/mol. The molecule has 0 unspecified atom stereocenters. The average Bonchev–Trinajstić information content (AvgIpc) is 2.99. The maximum atomic E-state index is 5.74. The lowest BCUT2D eigenvalue weighted by atomic mass is 9.97. The summed E-state index contributed by atoms with van der Waals surface area (Å²) in [6.45, 7) is 2.74. The molecule has 5 nitrogen and oxygen atoms in total. The summed E-state index contributed by atoms with van der Waals surface area (Å²) in [6, 6.07) is 6.15. The molecule has 21 heavy (non-hydrogen) atoms. The van der Waals surface area contributed by atoms with E-state index in [9.17, 15) is 0 Å². The predicted molar refractivity (Wildman–Crippen MR) is 96.2 cm³/mol. The molecular formula is C14H17BrIN5. The van der Waals surface area contributed by atoms with E-state index in [4.69, 9.17) is 5.73 Å². The van der Waals surface area contributed by atoms with Crippen LogP contribution in [0.2, 0.25) is 0 Å². The van der Waals surface area contributed by atoms with E-state index in [-0.39, 0.29) is 0 Å². The minimum absolute atomic E-state index is 0.644. The second-order valence-corrected chi connectivity index (χ2v) is 7.35. The molecule has 2 aromatic rings. The third-order valence-corrected chi connectivity index (χ3v) is 5.32. The van der Waals surface area contributed by atoms with E-state index < -0.39 is 0 Å². The van der Waals surface area contributed by atoms with Crippen LogP contribution in [0.3, 0.4) is 0 Å². The molecule has 3 N–H and O–H groups in total. The Morgan fingerprint density at radius 3 is 2.86 bits per heavy atom. The number of nitrogens with zero attached hydrogens (tertiary/aromatic N) is 3. The number of piperidine rings is 1. The van der Waals surface area contributed by atoms with E-state index in [1.54, 1.807) is 0 Å². The molecule has 1 fully saturated rings. The number of hydrogen-bond donors (Lipinski definition) is 2. The fourth-order valence-corrected chi connectivity index (χ4v) is 3.51. The highest BCUT2D eigenvalue weighted by Crippen LogP contribution is 2.27. The predicted octanol–water partition coefficient (Wildman–Crippen LogP) is 3.01. The number of halogens is 2. The molecule has 0 atom stereocenters. The lowest BCUT2D eigenvalue weighted by Gasteiger charge is -2.30. The molecular weight excluding hydrogens is 445 g/mol. The monoisotopic (exact) mass is 461 g/mol. The first-order chi connectivity index (χ1) is 10.2. The zero-order valence-corrected chi connectivity index (χ0v) is 15.3. The van der Waals surface area contributed by atoms with E-state index >= 15 is 0 Å². The van der Waals surface area contributed by atoms with Crippen LogP contribution in [0, 0.1) is 9.49 Å². The van der Waals surface area contributed by atoms with Gasteiger partial charge < -0.3 is 10.6 Å². The van der Waals surface area contributed by atoms with Crippen molar-refractivity contribution in [2.45, 2.75) is 12.8 Å². The molecule has 1 aliphatic rings. The van der Waals surface area contributed by atoms with E-state index in [1.807, 2.05) is 6.07 Å². The highest BCUT2D eigenvalue weighted by molar-refractivity contribution is 14.1. The zero-order valence-electron chi connectivity index (χ0n) is 11.5. The minimum atomic E-state index is 0.644. The smallest absolute Gasteiger partial charge is 0.245 e. The van der Waals surface area contributed by atoms with Crippen molar-refractivity contribution in [1.82, 2.24) is 15.2 Å². The van der Waals surface area contributed by atoms with Gasteiger partial charge in [0.15, 0.2) is 5.82 Å². The van der Waals surface area contributed by atoms with Gasteiger partial charge in [-0.3, -0.25) is 5.10 Å². The van der Waals surface area contributed by atoms with Gasteiger partial charge in [0.1, 0.15) is 0 Å². The molecule has 0 bridgehead atoms. The summed E-state index contributed by atoms with van der Waals surface area (Å²) >= 11 is 5.82. The topological polar surface area (TPSA) is 70.8 Å². The molecule has 1 saturated heterocycles. The molecule has 2 heterocycles. The number of nitrogens with one attached hydrogen (secondary N) is 1. The Balaban J connectivity index is 1.79. The number of H-pyrrole nitrogens is 1. The van der Waals surface area contributed by atoms with Crippen LogP contribution in [0.25, 0.3) is 11.4 Å². The van der Waals surface area contributed by atoms with Crippen molar-refractivity contribution in [3.05, 3.63) is 26.2 Å². The summed E-state index contributed by atoms with van der Waals surface area (Å²) in [7, 11) is 0. The highest BCUT2D eigenvalue weighted by Gasteiger charge is 2.21. The van der Waals surface area contributed by atoms with Crippen LogP contribution in [0.1, 0.15) is 12.8 Å². The minimum Gasteiger partial charge on any atom is -0.340 e. The summed E-state index contributed by atoms with van der Waals surface area (Å²) < 4.78 is 2.19. The lowest BCUT2D eigenvalue weighted by molar-refractivity contribution is 0.411. The van der Waals surface area contributed by atoms with Crippen LogP contribution in [0.4, 0.5) is 5.95 Å². The Bertz CT molecular complexity index is 622. The van der Waals surface area contributed by atoms with E-state index in [1.165, 1.54) is 0 Å². The van der Waals surface area contributed by atoms with E-state index in [0.717, 1.165) is 57.9 Å². The maximum absolute atomic E-state index is 5.74. The number of hydrogen-bond acceptors (Lipinski definition) is 4. The van der Waals surface area contributed by atoms with E-state index in [2.05, 4.69) is 70.7 Å². The van der Waals surface area contributed by atoms with Gasteiger partial charge in [-0.2, -0.15) is 4.98 Å². The second-order valence-electron chi connectivity index (χ2n) is 5.27. The fourth-order valence-electron chi connectivity index (χ4n) is 2.56. The molecule has 0 radical (unpaired) electrons. The van der Waals surface area contributed by atoms with Gasteiger partial charge in [0.25, 0.3) is 0 Å². The Labute approximate surface area is 146 Å². The molecule has 7 heteroatoms. The number of nitrogens with two attached hydrogens (primary N) is 1. The number of aromatic amines is 1. The normalized spacial score (nSPS) is 16.4. The van der Waals surface area contributed by atoms with Crippen molar-refractivity contribution in [3.63, 3.8) is 0 Å². The Kier molecular flexibility index (Phi) is 4.80. The summed E-state index contributed by atoms with van der Waals surface area (Å²) in [5.41, 5.74) is 6.81. The van der Waals surface area contributed by atoms with Gasteiger partial charge in [0.05, 0.1) is 0 Å². The Hall–Kier alpha value is -0.670. The van der Waals surface area contributed by atoms with Gasteiger partial charge in [-0.25, -0.2) is 0 Å². The molecule has 0 amide bonds. The van der Waals surface area contributed by atoms with Crippen molar-refractivity contribution in [2.24, 2.45) is 11.7 Å². The van der Waals surface area contributed by atoms with Gasteiger partial charge in [0, 0.05) is 26.7 Å². The second kappa shape index (κ2) is 6.62. The quantitative estimate of drug-likeness (QED) is 0.689. The molecule has 0 aliphatic carbocycles. The first-order valence-electron chi connectivity index (χ1n) is 7.00. The molecule has 3 rings (SSSR count). The summed E-state index contributed by atoms with van der Waals surface area (Å²) in [6.07, 6.45) is 2.24. The van der Waals surface area contributed by atoms with E-state index in [0.29, 0.717) is 5.92 Å². The zero-order chi connectivity index (χ0) is 14.8. The first kappa shape index (κ1) is 15.2. The molecule has 0 saturated carbocycles. The number of rotatable bonds is 3. The van der Waals surface area contributed by atoms with Gasteiger partial charge in [-0.1, -0.05) is 15.9 Å².